The van der Waals surface area contributed by atoms with E-state index in [0.29, 0.717) is 16.9 Å². The van der Waals surface area contributed by atoms with Crippen LogP contribution in [0.15, 0.2) is 78.9 Å². The van der Waals surface area contributed by atoms with Gasteiger partial charge in [0.1, 0.15) is 0 Å². The van der Waals surface area contributed by atoms with Gasteiger partial charge in [0, 0.05) is 23.0 Å². The van der Waals surface area contributed by atoms with Crippen LogP contribution in [-0.4, -0.2) is 23.3 Å². The Kier molecular flexibility index (Phi) is 6.16. The zero-order valence-corrected chi connectivity index (χ0v) is 15.2. The maximum absolute atomic E-state index is 12.4. The van der Waals surface area contributed by atoms with Crippen molar-refractivity contribution in [1.29, 1.82) is 0 Å². The Balaban J connectivity index is 1.60. The SMILES string of the molecule is O=C(COc1ccccc1[N+](=O)[O-])Nc1cccc(C(=O)Nc2ccccc2)c1. The number of anilines is 2. The van der Waals surface area contributed by atoms with Gasteiger partial charge in [-0.05, 0) is 36.4 Å². The van der Waals surface area contributed by atoms with E-state index in [1.807, 2.05) is 18.2 Å². The molecule has 0 aromatic heterocycles. The van der Waals surface area contributed by atoms with Gasteiger partial charge in [-0.25, -0.2) is 0 Å². The molecule has 29 heavy (non-hydrogen) atoms. The van der Waals surface area contributed by atoms with Crippen molar-refractivity contribution in [1.82, 2.24) is 0 Å². The molecule has 8 nitrogen and oxygen atoms in total. The van der Waals surface area contributed by atoms with Crippen LogP contribution in [0.1, 0.15) is 10.4 Å². The van der Waals surface area contributed by atoms with Gasteiger partial charge in [0.2, 0.25) is 0 Å². The number of benzene rings is 3. The summed E-state index contributed by atoms with van der Waals surface area (Å²) >= 11 is 0. The molecule has 0 radical (unpaired) electrons. The zero-order valence-electron chi connectivity index (χ0n) is 15.2. The molecular weight excluding hydrogens is 374 g/mol. The summed E-state index contributed by atoms with van der Waals surface area (Å²) in [7, 11) is 0. The Hall–Kier alpha value is -4.20. The van der Waals surface area contributed by atoms with Crippen molar-refractivity contribution in [3.8, 4) is 5.75 Å². The minimum atomic E-state index is -0.581. The fourth-order valence-electron chi connectivity index (χ4n) is 2.53. The summed E-state index contributed by atoms with van der Waals surface area (Å²) < 4.78 is 5.26. The minimum Gasteiger partial charge on any atom is -0.477 e. The van der Waals surface area contributed by atoms with Crippen LogP contribution in [0.2, 0.25) is 0 Å². The first-order valence-corrected chi connectivity index (χ1v) is 8.65. The number of ether oxygens (including phenoxy) is 1. The second-order valence-corrected chi connectivity index (χ2v) is 5.96. The topological polar surface area (TPSA) is 111 Å². The number of nitro groups is 1. The molecular formula is C21H17N3O5. The van der Waals surface area contributed by atoms with E-state index >= 15 is 0 Å². The molecule has 0 heterocycles. The molecule has 0 bridgehead atoms. The first-order valence-electron chi connectivity index (χ1n) is 8.65. The number of nitrogens with one attached hydrogen (secondary N) is 2. The van der Waals surface area contributed by atoms with Gasteiger partial charge in [-0.15, -0.1) is 0 Å². The normalized spacial score (nSPS) is 10.1. The van der Waals surface area contributed by atoms with Crippen molar-refractivity contribution in [3.05, 3.63) is 94.5 Å². The highest BCUT2D eigenvalue weighted by molar-refractivity contribution is 6.05. The second kappa shape index (κ2) is 9.14. The molecule has 0 aliphatic heterocycles. The van der Waals surface area contributed by atoms with E-state index in [2.05, 4.69) is 10.6 Å². The number of hydrogen-bond acceptors (Lipinski definition) is 5. The summed E-state index contributed by atoms with van der Waals surface area (Å²) in [5.74, 6) is -0.823. The van der Waals surface area contributed by atoms with Gasteiger partial charge in [-0.3, -0.25) is 19.7 Å². The van der Waals surface area contributed by atoms with Crippen molar-refractivity contribution in [2.24, 2.45) is 0 Å². The van der Waals surface area contributed by atoms with Crippen molar-refractivity contribution in [3.63, 3.8) is 0 Å². The Morgan fingerprint density at radius 3 is 2.31 bits per heavy atom. The summed E-state index contributed by atoms with van der Waals surface area (Å²) in [6.45, 7) is -0.411. The lowest BCUT2D eigenvalue weighted by Gasteiger charge is -2.09. The Morgan fingerprint density at radius 2 is 1.55 bits per heavy atom. The van der Waals surface area contributed by atoms with E-state index in [1.165, 1.54) is 24.3 Å². The lowest BCUT2D eigenvalue weighted by atomic mass is 10.2. The van der Waals surface area contributed by atoms with E-state index in [1.54, 1.807) is 36.4 Å². The number of carbonyl (C=O) groups excluding carboxylic acids is 2. The van der Waals surface area contributed by atoms with Gasteiger partial charge >= 0.3 is 5.69 Å². The van der Waals surface area contributed by atoms with E-state index in [9.17, 15) is 19.7 Å². The van der Waals surface area contributed by atoms with Gasteiger partial charge in [0.15, 0.2) is 12.4 Å². The molecule has 3 aromatic carbocycles. The van der Waals surface area contributed by atoms with Gasteiger partial charge < -0.3 is 15.4 Å². The summed E-state index contributed by atoms with van der Waals surface area (Å²) in [4.78, 5) is 34.9. The first-order chi connectivity index (χ1) is 14.0. The number of hydrogen-bond donors (Lipinski definition) is 2. The van der Waals surface area contributed by atoms with Crippen LogP contribution < -0.4 is 15.4 Å². The van der Waals surface area contributed by atoms with Gasteiger partial charge in [0.25, 0.3) is 11.8 Å². The highest BCUT2D eigenvalue weighted by Gasteiger charge is 2.15. The van der Waals surface area contributed by atoms with E-state index in [-0.39, 0.29) is 17.3 Å². The summed E-state index contributed by atoms with van der Waals surface area (Å²) in [6.07, 6.45) is 0. The Labute approximate surface area is 166 Å². The molecule has 2 amide bonds. The molecule has 0 fully saturated rings. The maximum Gasteiger partial charge on any atom is 0.310 e. The number of rotatable bonds is 7. The quantitative estimate of drug-likeness (QED) is 0.469. The van der Waals surface area contributed by atoms with Crippen molar-refractivity contribution in [2.45, 2.75) is 0 Å². The van der Waals surface area contributed by atoms with Crippen LogP contribution in [0.5, 0.6) is 5.75 Å². The maximum atomic E-state index is 12.4. The third-order valence-corrected chi connectivity index (χ3v) is 3.86. The van der Waals surface area contributed by atoms with Crippen LogP contribution in [0, 0.1) is 10.1 Å². The fourth-order valence-corrected chi connectivity index (χ4v) is 2.53. The number of carbonyl (C=O) groups is 2. The third-order valence-electron chi connectivity index (χ3n) is 3.86. The van der Waals surface area contributed by atoms with Crippen LogP contribution in [0.25, 0.3) is 0 Å². The summed E-state index contributed by atoms with van der Waals surface area (Å²) in [5.41, 5.74) is 1.21. The van der Waals surface area contributed by atoms with Crippen molar-refractivity contribution >= 4 is 28.9 Å². The average Bonchev–Trinajstić information content (AvgIpc) is 2.73. The molecule has 0 spiro atoms. The standard InChI is InChI=1S/C21H17N3O5/c25-20(14-29-19-12-5-4-11-18(19)24(27)28)22-17-10-6-7-15(13-17)21(26)23-16-8-2-1-3-9-16/h1-13H,14H2,(H,22,25)(H,23,26). The molecule has 0 aliphatic rings. The molecule has 0 unspecified atom stereocenters. The molecule has 3 rings (SSSR count). The molecule has 3 aromatic rings. The monoisotopic (exact) mass is 391 g/mol. The van der Waals surface area contributed by atoms with E-state index in [4.69, 9.17) is 4.74 Å². The minimum absolute atomic E-state index is 0.00337. The van der Waals surface area contributed by atoms with Crippen LogP contribution in [0.4, 0.5) is 17.1 Å². The predicted molar refractivity (Wildman–Crippen MR) is 108 cm³/mol. The lowest BCUT2D eigenvalue weighted by Crippen LogP contribution is -2.21. The largest absolute Gasteiger partial charge is 0.477 e. The van der Waals surface area contributed by atoms with Crippen molar-refractivity contribution < 1.29 is 19.2 Å². The number of nitro benzene ring substituents is 1. The van der Waals surface area contributed by atoms with Crippen LogP contribution in [0.3, 0.4) is 0 Å². The number of amides is 2. The average molecular weight is 391 g/mol. The lowest BCUT2D eigenvalue weighted by molar-refractivity contribution is -0.385. The molecule has 146 valence electrons. The molecule has 0 saturated heterocycles. The molecule has 2 N–H and O–H groups in total. The Morgan fingerprint density at radius 1 is 0.862 bits per heavy atom. The summed E-state index contributed by atoms with van der Waals surface area (Å²) in [6, 6.07) is 21.2. The van der Waals surface area contributed by atoms with Gasteiger partial charge in [-0.2, -0.15) is 0 Å². The number of nitrogens with zero attached hydrogens (tertiary/aromatic N) is 1. The highest BCUT2D eigenvalue weighted by Crippen LogP contribution is 2.25. The molecule has 0 atom stereocenters. The van der Waals surface area contributed by atoms with Crippen LogP contribution in [-0.2, 0) is 4.79 Å². The summed E-state index contributed by atoms with van der Waals surface area (Å²) in [5, 5.41) is 16.3. The predicted octanol–water partition coefficient (Wildman–Crippen LogP) is 3.86. The fraction of sp³-hybridized carbons (Fsp3) is 0.0476. The first kappa shape index (κ1) is 19.6. The highest BCUT2D eigenvalue weighted by atomic mass is 16.6. The van der Waals surface area contributed by atoms with Crippen LogP contribution >= 0.6 is 0 Å². The number of para-hydroxylation sites is 3. The van der Waals surface area contributed by atoms with Crippen molar-refractivity contribution in [2.75, 3.05) is 17.2 Å². The Bertz CT molecular complexity index is 1040. The molecule has 8 heteroatoms. The van der Waals surface area contributed by atoms with E-state index in [0.717, 1.165) is 0 Å². The zero-order chi connectivity index (χ0) is 20.6. The smallest absolute Gasteiger partial charge is 0.310 e. The van der Waals surface area contributed by atoms with E-state index < -0.39 is 17.4 Å². The second-order valence-electron chi connectivity index (χ2n) is 5.96. The molecule has 0 aliphatic carbocycles. The third kappa shape index (κ3) is 5.39. The van der Waals surface area contributed by atoms with Gasteiger partial charge in [0.05, 0.1) is 4.92 Å². The van der Waals surface area contributed by atoms with Gasteiger partial charge in [-0.1, -0.05) is 36.4 Å². The molecule has 0 saturated carbocycles.